The van der Waals surface area contributed by atoms with Gasteiger partial charge in [-0.05, 0) is 105 Å². The molecule has 4 aromatic rings. The number of amides is 1. The number of ether oxygens (including phenoxy) is 4. The number of hydrogen-bond donors (Lipinski definition) is 3. The number of hydrazine groups is 1. The first-order valence-corrected chi connectivity index (χ1v) is 21.9. The highest BCUT2D eigenvalue weighted by molar-refractivity contribution is 7.89. The van der Waals surface area contributed by atoms with E-state index in [4.69, 9.17) is 23.9 Å². The van der Waals surface area contributed by atoms with Gasteiger partial charge in [0.25, 0.3) is 5.91 Å². The maximum Gasteiger partial charge on any atom is 0.324 e. The van der Waals surface area contributed by atoms with E-state index < -0.39 is 39.4 Å². The molecule has 6 rings (SSSR count). The second-order valence-corrected chi connectivity index (χ2v) is 17.8. The van der Waals surface area contributed by atoms with Gasteiger partial charge in [-0.2, -0.15) is 4.72 Å². The largest absolute Gasteiger partial charge is 0.508 e. The summed E-state index contributed by atoms with van der Waals surface area (Å²) in [6, 6.07) is 13.1. The van der Waals surface area contributed by atoms with Gasteiger partial charge in [0.2, 0.25) is 10.0 Å². The van der Waals surface area contributed by atoms with Gasteiger partial charge in [0.05, 0.1) is 38.3 Å². The van der Waals surface area contributed by atoms with Gasteiger partial charge in [0.1, 0.15) is 34.2 Å². The number of carbonyl (C=O) groups is 2. The fourth-order valence-electron chi connectivity index (χ4n) is 8.21. The van der Waals surface area contributed by atoms with Crippen molar-refractivity contribution in [2.24, 2.45) is 10.4 Å². The number of allylic oxidation sites excluding steroid dienone is 2. The lowest BCUT2D eigenvalue weighted by atomic mass is 9.84. The topological polar surface area (TPSA) is 170 Å². The van der Waals surface area contributed by atoms with E-state index in [0.29, 0.717) is 48.4 Å². The Bertz CT molecular complexity index is 2490. The first-order chi connectivity index (χ1) is 29.1. The molecule has 3 N–H and O–H groups in total. The van der Waals surface area contributed by atoms with Gasteiger partial charge in [-0.1, -0.05) is 38.6 Å². The minimum absolute atomic E-state index is 0.0222. The highest BCUT2D eigenvalue weighted by Crippen LogP contribution is 2.41. The fraction of sp³-hybridized carbons (Fsp3) is 0.413. The fourth-order valence-corrected chi connectivity index (χ4v) is 9.55. The van der Waals surface area contributed by atoms with Gasteiger partial charge in [-0.15, -0.1) is 0 Å². The molecule has 1 fully saturated rings. The average molecular weight is 856 g/mol. The number of benzene rings is 3. The van der Waals surface area contributed by atoms with Crippen molar-refractivity contribution in [3.63, 3.8) is 0 Å². The maximum absolute atomic E-state index is 14.5. The number of sulfonamides is 1. The summed E-state index contributed by atoms with van der Waals surface area (Å²) in [5.41, 5.74) is 8.80. The van der Waals surface area contributed by atoms with Crippen LogP contribution in [-0.4, -0.2) is 93.9 Å². The second-order valence-electron chi connectivity index (χ2n) is 16.1. The molecule has 2 aliphatic rings. The molecule has 1 saturated heterocycles. The number of aryl methyl sites for hydroxylation is 1. The van der Waals surface area contributed by atoms with E-state index in [-0.39, 0.29) is 42.1 Å². The zero-order chi connectivity index (χ0) is 44.2. The van der Waals surface area contributed by atoms with E-state index in [1.165, 1.54) is 43.5 Å². The molecule has 3 aromatic carbocycles. The Morgan fingerprint density at radius 3 is 2.54 bits per heavy atom. The van der Waals surface area contributed by atoms with E-state index in [9.17, 15) is 23.1 Å². The van der Waals surface area contributed by atoms with Gasteiger partial charge in [0.15, 0.2) is 0 Å². The predicted molar refractivity (Wildman–Crippen MR) is 236 cm³/mol. The molecule has 0 unspecified atom stereocenters. The Hall–Kier alpha value is -5.48. The van der Waals surface area contributed by atoms with Crippen LogP contribution >= 0.6 is 0 Å². The molecule has 0 saturated carbocycles. The van der Waals surface area contributed by atoms with E-state index in [1.807, 2.05) is 52.0 Å². The minimum Gasteiger partial charge on any atom is -0.508 e. The Morgan fingerprint density at radius 2 is 1.87 bits per heavy atom. The number of rotatable bonds is 11. The normalized spacial score (nSPS) is 19.6. The number of methoxy groups -OCH3 is 3. The highest BCUT2D eigenvalue weighted by atomic mass is 32.2. The summed E-state index contributed by atoms with van der Waals surface area (Å²) in [6.07, 6.45) is 4.42. The number of nitrogens with zero attached hydrogens (tertiary/aromatic N) is 3. The third kappa shape index (κ3) is 9.55. The molecule has 0 aliphatic carbocycles. The first kappa shape index (κ1) is 45.1. The number of aromatic nitrogens is 1. The molecule has 1 aromatic heterocycles. The van der Waals surface area contributed by atoms with Crippen LogP contribution in [0, 0.1) is 5.41 Å². The van der Waals surface area contributed by atoms with Crippen LogP contribution in [0.15, 0.2) is 82.8 Å². The van der Waals surface area contributed by atoms with Crippen molar-refractivity contribution in [1.82, 2.24) is 19.7 Å². The van der Waals surface area contributed by atoms with Crippen LogP contribution in [0.2, 0.25) is 0 Å². The van der Waals surface area contributed by atoms with Crippen molar-refractivity contribution in [3.05, 3.63) is 89.8 Å². The van der Waals surface area contributed by atoms with Crippen molar-refractivity contribution in [1.29, 1.82) is 0 Å². The van der Waals surface area contributed by atoms with Crippen molar-refractivity contribution < 1.29 is 42.1 Å². The van der Waals surface area contributed by atoms with E-state index >= 15 is 0 Å². The van der Waals surface area contributed by atoms with Gasteiger partial charge in [0, 0.05) is 54.4 Å². The average Bonchev–Trinajstić information content (AvgIpc) is 3.54. The quantitative estimate of drug-likeness (QED) is 0.0851. The van der Waals surface area contributed by atoms with E-state index in [0.717, 1.165) is 33.3 Å². The number of hydrogen-bond acceptors (Lipinski definition) is 11. The van der Waals surface area contributed by atoms with Crippen molar-refractivity contribution in [2.75, 3.05) is 34.5 Å². The smallest absolute Gasteiger partial charge is 0.324 e. The lowest BCUT2D eigenvalue weighted by molar-refractivity contribution is -0.155. The van der Waals surface area contributed by atoms with Crippen molar-refractivity contribution in [2.45, 2.75) is 89.9 Å². The van der Waals surface area contributed by atoms with Crippen LogP contribution in [0.1, 0.15) is 64.3 Å². The molecule has 1 amide bonds. The molecule has 6 bridgehead atoms. The van der Waals surface area contributed by atoms with Crippen molar-refractivity contribution >= 4 is 44.6 Å². The van der Waals surface area contributed by atoms with Crippen LogP contribution in [0.25, 0.3) is 27.6 Å². The molecule has 15 heteroatoms. The monoisotopic (exact) mass is 855 g/mol. The lowest BCUT2D eigenvalue weighted by Crippen LogP contribution is -2.60. The molecule has 0 radical (unpaired) electrons. The minimum atomic E-state index is -4.40. The van der Waals surface area contributed by atoms with Gasteiger partial charge >= 0.3 is 5.97 Å². The zero-order valence-electron chi connectivity index (χ0n) is 36.2. The molecule has 2 aliphatic heterocycles. The Balaban J connectivity index is 1.56. The number of cyclic esters (lactones) is 1. The Labute approximate surface area is 358 Å². The first-order valence-electron chi connectivity index (χ1n) is 20.4. The van der Waals surface area contributed by atoms with Crippen LogP contribution in [0.5, 0.6) is 17.2 Å². The highest BCUT2D eigenvalue weighted by Gasteiger charge is 2.37. The molecular formula is C46H57N5O9S. The molecule has 326 valence electrons. The molecule has 61 heavy (non-hydrogen) atoms. The third-order valence-electron chi connectivity index (χ3n) is 11.2. The standard InChI is InChI=1S/C46H57N5O9S/c1-10-34(42(47-11-2)28(4)57-7)43-36-26-46(5,6)27-60-45(54)37-14-13-19-51(48-37)44(53)38(49-61(55,56)41-18-16-33(58-8)25-40(41)59-9)22-29-20-31(23-32(52)21-29)30-15-17-39(35(36)24-30)50(43)12-3/h10-11,15-18,20-21,23-25,28,37-38,48-49,52H,1,12-14,19,22,26-27H2,2-9H3/b42-34+,47-11-/t28-,37-,38-/m0/s1. The van der Waals surface area contributed by atoms with Gasteiger partial charge in [-0.25, -0.2) is 13.8 Å². The predicted octanol–water partition coefficient (Wildman–Crippen LogP) is 6.58. The molecule has 3 heterocycles. The van der Waals surface area contributed by atoms with Crippen molar-refractivity contribution in [3.8, 4) is 28.4 Å². The van der Waals surface area contributed by atoms with Crippen LogP contribution in [0.3, 0.4) is 0 Å². The third-order valence-corrected chi connectivity index (χ3v) is 12.7. The summed E-state index contributed by atoms with van der Waals surface area (Å²) < 4.78 is 55.6. The summed E-state index contributed by atoms with van der Waals surface area (Å²) in [6.45, 7) is 15.1. The van der Waals surface area contributed by atoms with Gasteiger partial charge < -0.3 is 28.6 Å². The second kappa shape index (κ2) is 18.6. The Morgan fingerprint density at radius 1 is 1.10 bits per heavy atom. The number of aromatic hydroxyl groups is 1. The van der Waals surface area contributed by atoms with Crippen LogP contribution in [-0.2, 0) is 48.5 Å². The summed E-state index contributed by atoms with van der Waals surface area (Å²) >= 11 is 0. The summed E-state index contributed by atoms with van der Waals surface area (Å²) in [4.78, 5) is 32.9. The number of fused-ring (bicyclic) bond motifs is 6. The van der Waals surface area contributed by atoms with E-state index in [2.05, 4.69) is 34.3 Å². The number of carbonyl (C=O) groups excluding carboxylic acids is 2. The molecule has 14 nitrogen and oxygen atoms in total. The van der Waals surface area contributed by atoms with Crippen LogP contribution in [0.4, 0.5) is 0 Å². The number of aliphatic imine (C=N–C) groups is 1. The maximum atomic E-state index is 14.5. The molecule has 3 atom stereocenters. The summed E-state index contributed by atoms with van der Waals surface area (Å²) in [7, 11) is 0.0435. The Kier molecular flexibility index (Phi) is 13.8. The lowest BCUT2D eigenvalue weighted by Gasteiger charge is -2.35. The number of phenolic OH excluding ortho intramolecular Hbond substituents is 1. The number of phenols is 1. The van der Waals surface area contributed by atoms with Gasteiger partial charge in [-0.3, -0.25) is 19.6 Å². The SMILES string of the molecule is C=C/C(=C(\N=C/C)[C@H](C)OC)c1c2c3cc(ccc3n1CC)-c1cc(O)cc(c1)C[C@H](NS(=O)(=O)c1ccc(OC)cc1OC)C(=O)N1CCC[C@H](N1)C(=O)OCC(C)(C)C2. The number of nitrogens with one attached hydrogen (secondary N) is 2. The zero-order valence-corrected chi connectivity index (χ0v) is 37.0. The molecule has 0 spiro atoms. The number of esters is 1. The molecular weight excluding hydrogens is 799 g/mol. The summed E-state index contributed by atoms with van der Waals surface area (Å²) in [5, 5.41) is 13.4. The summed E-state index contributed by atoms with van der Waals surface area (Å²) in [5.74, 6) is -0.791. The van der Waals surface area contributed by atoms with E-state index in [1.54, 1.807) is 19.4 Å². The van der Waals surface area contributed by atoms with Crippen LogP contribution < -0.4 is 19.6 Å².